The molecule has 1 aliphatic heterocycles. The van der Waals surface area contributed by atoms with Crippen LogP contribution in [0.5, 0.6) is 0 Å². The second kappa shape index (κ2) is 3.72. The second-order valence-corrected chi connectivity index (χ2v) is 3.26. The SMILES string of the molecule is CN1CCCC(N(C)[C]=O)C1. The minimum atomic E-state index is 0.381. The molecule has 1 heterocycles. The molecule has 1 amide bonds. The van der Waals surface area contributed by atoms with Crippen molar-refractivity contribution < 1.29 is 4.79 Å². The number of likely N-dealkylation sites (tertiary alicyclic amines) is 1. The van der Waals surface area contributed by atoms with Crippen molar-refractivity contribution in [2.45, 2.75) is 18.9 Å². The van der Waals surface area contributed by atoms with Crippen LogP contribution in [0.2, 0.25) is 0 Å². The third-order valence-electron chi connectivity index (χ3n) is 2.29. The predicted octanol–water partition coefficient (Wildman–Crippen LogP) is 0.0796. The first-order valence-electron chi connectivity index (χ1n) is 4.03. The highest BCUT2D eigenvalue weighted by Crippen LogP contribution is 2.11. The first kappa shape index (κ1) is 8.53. The lowest BCUT2D eigenvalue weighted by Gasteiger charge is -2.33. The quantitative estimate of drug-likeness (QED) is 0.527. The summed E-state index contributed by atoms with van der Waals surface area (Å²) in [7, 11) is 3.89. The summed E-state index contributed by atoms with van der Waals surface area (Å²) in [6.45, 7) is 2.15. The lowest BCUT2D eigenvalue weighted by atomic mass is 10.1. The van der Waals surface area contributed by atoms with Gasteiger partial charge in [0.05, 0.1) is 0 Å². The number of amides is 1. The van der Waals surface area contributed by atoms with Crippen LogP contribution >= 0.6 is 0 Å². The lowest BCUT2D eigenvalue weighted by Crippen LogP contribution is -2.44. The zero-order chi connectivity index (χ0) is 8.27. The van der Waals surface area contributed by atoms with Crippen molar-refractivity contribution in [2.75, 3.05) is 27.2 Å². The van der Waals surface area contributed by atoms with Crippen LogP contribution in [-0.2, 0) is 4.79 Å². The van der Waals surface area contributed by atoms with Gasteiger partial charge in [-0.25, -0.2) is 0 Å². The van der Waals surface area contributed by atoms with Crippen LogP contribution in [0.3, 0.4) is 0 Å². The Morgan fingerprint density at radius 2 is 2.36 bits per heavy atom. The number of carbonyl (C=O) groups excluding carboxylic acids is 1. The van der Waals surface area contributed by atoms with Gasteiger partial charge in [0.2, 0.25) is 0 Å². The molecule has 1 unspecified atom stereocenters. The molecule has 1 fully saturated rings. The fourth-order valence-electron chi connectivity index (χ4n) is 1.53. The molecule has 0 spiro atoms. The van der Waals surface area contributed by atoms with E-state index in [1.165, 1.54) is 6.42 Å². The Bertz CT molecular complexity index is 138. The van der Waals surface area contributed by atoms with E-state index in [1.54, 1.807) is 11.9 Å². The molecule has 0 saturated carbocycles. The van der Waals surface area contributed by atoms with Gasteiger partial charge in [0, 0.05) is 19.6 Å². The Balaban J connectivity index is 2.38. The number of likely N-dealkylation sites (N-methyl/N-ethyl adjacent to an activating group) is 2. The van der Waals surface area contributed by atoms with E-state index in [4.69, 9.17) is 0 Å². The Labute approximate surface area is 68.0 Å². The van der Waals surface area contributed by atoms with Gasteiger partial charge in [-0.2, -0.15) is 0 Å². The van der Waals surface area contributed by atoms with Crippen LogP contribution in [0.15, 0.2) is 0 Å². The van der Waals surface area contributed by atoms with E-state index in [-0.39, 0.29) is 0 Å². The van der Waals surface area contributed by atoms with Crippen LogP contribution < -0.4 is 0 Å². The minimum absolute atomic E-state index is 0.381. The number of rotatable bonds is 2. The standard InChI is InChI=1S/C8H15N2O/c1-9-5-3-4-8(6-9)10(2)7-11/h8H,3-6H2,1-2H3. The maximum absolute atomic E-state index is 10.3. The van der Waals surface area contributed by atoms with Crippen LogP contribution in [0.4, 0.5) is 0 Å². The van der Waals surface area contributed by atoms with Crippen LogP contribution in [0.25, 0.3) is 0 Å². The van der Waals surface area contributed by atoms with Gasteiger partial charge in [-0.05, 0) is 26.4 Å². The Kier molecular flexibility index (Phi) is 2.88. The maximum Gasteiger partial charge on any atom is 0.312 e. The highest BCUT2D eigenvalue weighted by atomic mass is 16.1. The number of nitrogens with zero attached hydrogens (tertiary/aromatic N) is 2. The van der Waals surface area contributed by atoms with Crippen molar-refractivity contribution in [3.05, 3.63) is 0 Å². The summed E-state index contributed by atoms with van der Waals surface area (Å²) in [4.78, 5) is 14.2. The zero-order valence-electron chi connectivity index (χ0n) is 7.21. The van der Waals surface area contributed by atoms with E-state index in [2.05, 4.69) is 11.9 Å². The molecule has 0 aromatic rings. The molecule has 0 aromatic carbocycles. The summed E-state index contributed by atoms with van der Waals surface area (Å²) in [6, 6.07) is 0.381. The second-order valence-electron chi connectivity index (χ2n) is 3.26. The molecule has 1 atom stereocenters. The molecule has 0 N–H and O–H groups in total. The molecule has 3 heteroatoms. The molecule has 11 heavy (non-hydrogen) atoms. The minimum Gasteiger partial charge on any atom is -0.333 e. The average Bonchev–Trinajstić information content (AvgIpc) is 2.03. The van der Waals surface area contributed by atoms with E-state index in [0.717, 1.165) is 19.5 Å². The van der Waals surface area contributed by atoms with Crippen molar-refractivity contribution in [3.8, 4) is 0 Å². The third-order valence-corrected chi connectivity index (χ3v) is 2.29. The normalized spacial score (nSPS) is 26.5. The summed E-state index contributed by atoms with van der Waals surface area (Å²) >= 11 is 0. The lowest BCUT2D eigenvalue weighted by molar-refractivity contribution is 0.178. The molecule has 3 nitrogen and oxygen atoms in total. The molecule has 1 aliphatic rings. The van der Waals surface area contributed by atoms with Gasteiger partial charge >= 0.3 is 6.41 Å². The smallest absolute Gasteiger partial charge is 0.312 e. The summed E-state index contributed by atoms with van der Waals surface area (Å²) in [5.74, 6) is 0. The van der Waals surface area contributed by atoms with Crippen molar-refractivity contribution in [1.29, 1.82) is 0 Å². The largest absolute Gasteiger partial charge is 0.333 e. The Hall–Kier alpha value is -0.570. The first-order valence-corrected chi connectivity index (χ1v) is 4.03. The van der Waals surface area contributed by atoms with E-state index >= 15 is 0 Å². The summed E-state index contributed by atoms with van der Waals surface area (Å²) in [6.07, 6.45) is 4.22. The molecule has 0 bridgehead atoms. The first-order chi connectivity index (χ1) is 5.24. The number of hydrogen-bond acceptors (Lipinski definition) is 2. The number of piperidine rings is 1. The fraction of sp³-hybridized carbons (Fsp3) is 0.875. The van der Waals surface area contributed by atoms with Gasteiger partial charge in [0.1, 0.15) is 0 Å². The molecule has 1 saturated heterocycles. The maximum atomic E-state index is 10.3. The molecule has 0 aliphatic carbocycles. The molecule has 63 valence electrons. The van der Waals surface area contributed by atoms with Gasteiger partial charge in [-0.1, -0.05) is 0 Å². The summed E-state index contributed by atoms with van der Waals surface area (Å²) in [5.41, 5.74) is 0. The molecule has 0 aromatic heterocycles. The van der Waals surface area contributed by atoms with E-state index in [0.29, 0.717) is 6.04 Å². The monoisotopic (exact) mass is 155 g/mol. The van der Waals surface area contributed by atoms with E-state index in [9.17, 15) is 4.79 Å². The molecular weight excluding hydrogens is 140 g/mol. The summed E-state index contributed by atoms with van der Waals surface area (Å²) in [5, 5.41) is 0. The fourth-order valence-corrected chi connectivity index (χ4v) is 1.53. The van der Waals surface area contributed by atoms with Crippen LogP contribution in [0, 0.1) is 0 Å². The topological polar surface area (TPSA) is 23.6 Å². The van der Waals surface area contributed by atoms with Crippen LogP contribution in [0.1, 0.15) is 12.8 Å². The van der Waals surface area contributed by atoms with Crippen molar-refractivity contribution in [3.63, 3.8) is 0 Å². The molecule has 1 radical (unpaired) electrons. The van der Waals surface area contributed by atoms with E-state index in [1.807, 2.05) is 6.41 Å². The van der Waals surface area contributed by atoms with Gasteiger partial charge in [-0.15, -0.1) is 0 Å². The van der Waals surface area contributed by atoms with E-state index < -0.39 is 0 Å². The van der Waals surface area contributed by atoms with Gasteiger partial charge in [0.15, 0.2) is 0 Å². The van der Waals surface area contributed by atoms with Crippen molar-refractivity contribution in [1.82, 2.24) is 9.80 Å². The van der Waals surface area contributed by atoms with Crippen molar-refractivity contribution >= 4 is 6.41 Å². The van der Waals surface area contributed by atoms with Gasteiger partial charge < -0.3 is 9.80 Å². The van der Waals surface area contributed by atoms with Gasteiger partial charge in [-0.3, -0.25) is 4.79 Å². The highest BCUT2D eigenvalue weighted by molar-refractivity contribution is 5.48. The van der Waals surface area contributed by atoms with Crippen molar-refractivity contribution in [2.24, 2.45) is 0 Å². The molecule has 1 rings (SSSR count). The van der Waals surface area contributed by atoms with Crippen LogP contribution in [-0.4, -0.2) is 49.4 Å². The molecular formula is C8H15N2O. The number of hydrogen-bond donors (Lipinski definition) is 0. The average molecular weight is 155 g/mol. The Morgan fingerprint density at radius 1 is 1.64 bits per heavy atom. The zero-order valence-corrected chi connectivity index (χ0v) is 7.21. The third kappa shape index (κ3) is 2.19. The summed E-state index contributed by atoms with van der Waals surface area (Å²) < 4.78 is 0. The Morgan fingerprint density at radius 3 is 2.91 bits per heavy atom. The predicted molar refractivity (Wildman–Crippen MR) is 44.0 cm³/mol. The highest BCUT2D eigenvalue weighted by Gasteiger charge is 2.19. The van der Waals surface area contributed by atoms with Gasteiger partial charge in [0.25, 0.3) is 0 Å².